The van der Waals surface area contributed by atoms with E-state index >= 15 is 0 Å². The minimum Gasteiger partial charge on any atom is -0.497 e. The molecule has 0 aliphatic heterocycles. The average Bonchev–Trinajstić information content (AvgIpc) is 3.17. The molecule has 0 unspecified atom stereocenters. The number of carbonyl (C=O) groups is 1. The molecule has 4 rings (SSSR count). The van der Waals surface area contributed by atoms with Crippen LogP contribution in [-0.2, 0) is 6.54 Å². The van der Waals surface area contributed by atoms with Crippen molar-refractivity contribution in [1.29, 1.82) is 0 Å². The summed E-state index contributed by atoms with van der Waals surface area (Å²) in [5.41, 5.74) is 2.53. The van der Waals surface area contributed by atoms with Gasteiger partial charge in [-0.1, -0.05) is 18.2 Å². The van der Waals surface area contributed by atoms with E-state index < -0.39 is 0 Å². The van der Waals surface area contributed by atoms with E-state index in [-0.39, 0.29) is 5.91 Å². The van der Waals surface area contributed by atoms with Crippen molar-refractivity contribution in [3.63, 3.8) is 0 Å². The molecule has 134 valence electrons. The Morgan fingerprint density at radius 3 is 2.67 bits per heavy atom. The van der Waals surface area contributed by atoms with Crippen LogP contribution in [0.15, 0.2) is 67.0 Å². The van der Waals surface area contributed by atoms with Gasteiger partial charge in [0, 0.05) is 10.3 Å². The number of ether oxygens (including phenoxy) is 1. The molecule has 0 spiro atoms. The molecule has 4 aromatic rings. The number of thiophene rings is 1. The number of fused-ring (bicyclic) bond motifs is 1. The average molecular weight is 375 g/mol. The van der Waals surface area contributed by atoms with Gasteiger partial charge in [0.15, 0.2) is 0 Å². The Bertz CT molecular complexity index is 1060. The number of nitrogens with one attached hydrogen (secondary N) is 1. The SMILES string of the molecule is COc1ccc(-c2cc(CNC(=O)c3cc4ccccc4s3)ncn2)cc1. The lowest BCUT2D eigenvalue weighted by Gasteiger charge is -2.06. The number of nitrogens with zero attached hydrogens (tertiary/aromatic N) is 2. The molecule has 0 saturated heterocycles. The van der Waals surface area contributed by atoms with E-state index in [4.69, 9.17) is 4.74 Å². The van der Waals surface area contributed by atoms with Gasteiger partial charge in [-0.15, -0.1) is 11.3 Å². The Kier molecular flexibility index (Phi) is 4.80. The highest BCUT2D eigenvalue weighted by Crippen LogP contribution is 2.25. The van der Waals surface area contributed by atoms with Gasteiger partial charge in [-0.05, 0) is 47.9 Å². The number of amides is 1. The smallest absolute Gasteiger partial charge is 0.261 e. The number of hydrogen-bond acceptors (Lipinski definition) is 5. The summed E-state index contributed by atoms with van der Waals surface area (Å²) in [4.78, 5) is 21.7. The molecule has 27 heavy (non-hydrogen) atoms. The molecular weight excluding hydrogens is 358 g/mol. The Morgan fingerprint density at radius 2 is 1.89 bits per heavy atom. The Balaban J connectivity index is 1.47. The van der Waals surface area contributed by atoms with Crippen LogP contribution in [0.5, 0.6) is 5.75 Å². The summed E-state index contributed by atoms with van der Waals surface area (Å²) >= 11 is 1.49. The van der Waals surface area contributed by atoms with Crippen molar-refractivity contribution < 1.29 is 9.53 Å². The fraction of sp³-hybridized carbons (Fsp3) is 0.0952. The fourth-order valence-corrected chi connectivity index (χ4v) is 3.74. The van der Waals surface area contributed by atoms with Crippen molar-refractivity contribution >= 4 is 27.3 Å². The molecule has 1 N–H and O–H groups in total. The molecule has 0 aliphatic carbocycles. The van der Waals surface area contributed by atoms with Crippen molar-refractivity contribution in [1.82, 2.24) is 15.3 Å². The second-order valence-corrected chi connectivity index (χ2v) is 7.04. The first kappa shape index (κ1) is 17.2. The van der Waals surface area contributed by atoms with Gasteiger partial charge in [-0.2, -0.15) is 0 Å². The van der Waals surface area contributed by atoms with Crippen molar-refractivity contribution in [2.75, 3.05) is 7.11 Å². The van der Waals surface area contributed by atoms with Gasteiger partial charge < -0.3 is 10.1 Å². The Morgan fingerprint density at radius 1 is 1.07 bits per heavy atom. The predicted molar refractivity (Wildman–Crippen MR) is 107 cm³/mol. The summed E-state index contributed by atoms with van der Waals surface area (Å²) < 4.78 is 6.28. The number of aromatic nitrogens is 2. The largest absolute Gasteiger partial charge is 0.497 e. The van der Waals surface area contributed by atoms with Gasteiger partial charge in [0.2, 0.25) is 0 Å². The van der Waals surface area contributed by atoms with Crippen LogP contribution in [0.25, 0.3) is 21.3 Å². The van der Waals surface area contributed by atoms with Crippen LogP contribution in [-0.4, -0.2) is 23.0 Å². The molecule has 0 aliphatic rings. The third kappa shape index (κ3) is 3.80. The normalized spacial score (nSPS) is 10.7. The van der Waals surface area contributed by atoms with Crippen LogP contribution < -0.4 is 10.1 Å². The number of hydrogen-bond donors (Lipinski definition) is 1. The van der Waals surface area contributed by atoms with Crippen LogP contribution >= 0.6 is 11.3 Å². The Hall–Kier alpha value is -3.25. The van der Waals surface area contributed by atoms with E-state index in [1.807, 2.05) is 60.7 Å². The lowest BCUT2D eigenvalue weighted by Crippen LogP contribution is -2.22. The van der Waals surface area contributed by atoms with Gasteiger partial charge in [0.25, 0.3) is 5.91 Å². The maximum absolute atomic E-state index is 12.5. The van der Waals surface area contributed by atoms with Crippen LogP contribution in [0.1, 0.15) is 15.4 Å². The van der Waals surface area contributed by atoms with Crippen LogP contribution in [0.4, 0.5) is 0 Å². The van der Waals surface area contributed by atoms with Gasteiger partial charge in [0.05, 0.1) is 29.9 Å². The Labute approximate surface area is 160 Å². The standard InChI is InChI=1S/C21H17N3O2S/c1-26-17-8-6-14(7-9-17)18-11-16(23-13-24-18)12-22-21(25)20-10-15-4-2-3-5-19(15)27-20/h2-11,13H,12H2,1H3,(H,22,25). The van der Waals surface area contributed by atoms with Gasteiger partial charge >= 0.3 is 0 Å². The number of carbonyl (C=O) groups excluding carboxylic acids is 1. The minimum absolute atomic E-state index is 0.0965. The highest BCUT2D eigenvalue weighted by molar-refractivity contribution is 7.20. The lowest BCUT2D eigenvalue weighted by atomic mass is 10.1. The first-order valence-corrected chi connectivity index (χ1v) is 9.27. The number of benzene rings is 2. The second kappa shape index (κ2) is 7.55. The third-order valence-electron chi connectivity index (χ3n) is 4.19. The van der Waals surface area contributed by atoms with Crippen LogP contribution in [0.3, 0.4) is 0 Å². The zero-order valence-corrected chi connectivity index (χ0v) is 15.5. The summed E-state index contributed by atoms with van der Waals surface area (Å²) in [6.45, 7) is 0.346. The highest BCUT2D eigenvalue weighted by atomic mass is 32.1. The maximum Gasteiger partial charge on any atom is 0.261 e. The van der Waals surface area contributed by atoms with Gasteiger partial charge in [-0.25, -0.2) is 9.97 Å². The quantitative estimate of drug-likeness (QED) is 0.565. The molecule has 2 aromatic carbocycles. The third-order valence-corrected chi connectivity index (χ3v) is 5.30. The summed E-state index contributed by atoms with van der Waals surface area (Å²) in [5.74, 6) is 0.699. The molecule has 0 radical (unpaired) electrons. The maximum atomic E-state index is 12.5. The molecule has 5 nitrogen and oxygen atoms in total. The fourth-order valence-electron chi connectivity index (χ4n) is 2.77. The van der Waals surface area contributed by atoms with Crippen LogP contribution in [0.2, 0.25) is 0 Å². The second-order valence-electron chi connectivity index (χ2n) is 5.95. The molecule has 1 amide bonds. The van der Waals surface area contributed by atoms with Crippen molar-refractivity contribution in [2.24, 2.45) is 0 Å². The minimum atomic E-state index is -0.0965. The van der Waals surface area contributed by atoms with E-state index in [9.17, 15) is 4.79 Å². The zero-order valence-electron chi connectivity index (χ0n) is 14.7. The number of methoxy groups -OCH3 is 1. The molecular formula is C21H17N3O2S. The first-order valence-electron chi connectivity index (χ1n) is 8.45. The molecule has 2 aromatic heterocycles. The van der Waals surface area contributed by atoms with E-state index in [0.29, 0.717) is 11.4 Å². The molecule has 0 atom stereocenters. The number of rotatable bonds is 5. The monoisotopic (exact) mass is 375 g/mol. The van der Waals surface area contributed by atoms with E-state index in [1.165, 1.54) is 17.7 Å². The summed E-state index contributed by atoms with van der Waals surface area (Å²) in [7, 11) is 1.64. The lowest BCUT2D eigenvalue weighted by molar-refractivity contribution is 0.0954. The topological polar surface area (TPSA) is 64.1 Å². The first-order chi connectivity index (χ1) is 13.2. The van der Waals surface area contributed by atoms with E-state index in [1.54, 1.807) is 7.11 Å². The van der Waals surface area contributed by atoms with Gasteiger partial charge in [-0.3, -0.25) is 4.79 Å². The summed E-state index contributed by atoms with van der Waals surface area (Å²) in [5, 5.41) is 4.01. The summed E-state index contributed by atoms with van der Waals surface area (Å²) in [6, 6.07) is 19.4. The summed E-state index contributed by atoms with van der Waals surface area (Å²) in [6.07, 6.45) is 1.51. The predicted octanol–water partition coefficient (Wildman–Crippen LogP) is 4.30. The van der Waals surface area contributed by atoms with Crippen molar-refractivity contribution in [3.8, 4) is 17.0 Å². The van der Waals surface area contributed by atoms with Crippen molar-refractivity contribution in [3.05, 3.63) is 77.6 Å². The molecule has 6 heteroatoms. The molecule has 0 fully saturated rings. The molecule has 0 saturated carbocycles. The van der Waals surface area contributed by atoms with E-state index in [0.717, 1.165) is 32.8 Å². The zero-order chi connectivity index (χ0) is 18.6. The van der Waals surface area contributed by atoms with Crippen molar-refractivity contribution in [2.45, 2.75) is 6.54 Å². The molecule has 2 heterocycles. The van der Waals surface area contributed by atoms with Gasteiger partial charge in [0.1, 0.15) is 12.1 Å². The van der Waals surface area contributed by atoms with Crippen LogP contribution in [0, 0.1) is 0 Å². The highest BCUT2D eigenvalue weighted by Gasteiger charge is 2.10. The van der Waals surface area contributed by atoms with E-state index in [2.05, 4.69) is 15.3 Å². The molecule has 0 bridgehead atoms.